The van der Waals surface area contributed by atoms with E-state index in [1.807, 2.05) is 31.2 Å². The number of carbonyl (C=O) groups is 1. The van der Waals surface area contributed by atoms with Gasteiger partial charge in [0.05, 0.1) is 0 Å². The molecule has 98 valence electrons. The van der Waals surface area contributed by atoms with Crippen LogP contribution in [0.15, 0.2) is 47.5 Å². The number of allylic oxidation sites excluding steroid dienone is 4. The minimum absolute atomic E-state index is 0.202. The molecule has 0 saturated heterocycles. The molecule has 4 nitrogen and oxygen atoms in total. The third kappa shape index (κ3) is 5.12. The Morgan fingerprint density at radius 1 is 1.26 bits per heavy atom. The molecule has 0 fully saturated rings. The van der Waals surface area contributed by atoms with Crippen LogP contribution in [0, 0.1) is 5.41 Å². The molecule has 1 rings (SSSR count). The SMILES string of the molecule is CC(/C=C\C=C(/C)c1ccc(C=O)cc1)=NC(=N)N. The summed E-state index contributed by atoms with van der Waals surface area (Å²) < 4.78 is 0. The maximum Gasteiger partial charge on any atom is 0.212 e. The lowest BCUT2D eigenvalue weighted by Crippen LogP contribution is -2.07. The normalized spacial score (nSPS) is 12.7. The van der Waals surface area contributed by atoms with Crippen molar-refractivity contribution in [2.75, 3.05) is 0 Å². The van der Waals surface area contributed by atoms with Gasteiger partial charge in [-0.1, -0.05) is 36.4 Å². The molecule has 0 amide bonds. The van der Waals surface area contributed by atoms with Crippen LogP contribution in [-0.2, 0) is 0 Å². The number of hydrogen-bond acceptors (Lipinski definition) is 2. The molecule has 0 heterocycles. The number of guanidine groups is 1. The van der Waals surface area contributed by atoms with Gasteiger partial charge in [-0.25, -0.2) is 4.99 Å². The first-order chi connectivity index (χ1) is 9.02. The van der Waals surface area contributed by atoms with Gasteiger partial charge < -0.3 is 5.73 Å². The molecular formula is C15H17N3O. The van der Waals surface area contributed by atoms with Crippen LogP contribution in [0.1, 0.15) is 29.8 Å². The van der Waals surface area contributed by atoms with Gasteiger partial charge in [-0.2, -0.15) is 0 Å². The van der Waals surface area contributed by atoms with E-state index < -0.39 is 0 Å². The van der Waals surface area contributed by atoms with Crippen molar-refractivity contribution in [2.45, 2.75) is 13.8 Å². The number of hydrogen-bond donors (Lipinski definition) is 2. The summed E-state index contributed by atoms with van der Waals surface area (Å²) in [4.78, 5) is 14.3. The fourth-order valence-corrected chi connectivity index (χ4v) is 1.48. The highest BCUT2D eigenvalue weighted by Crippen LogP contribution is 2.14. The highest BCUT2D eigenvalue weighted by Gasteiger charge is 1.94. The topological polar surface area (TPSA) is 79.3 Å². The molecule has 3 N–H and O–H groups in total. The largest absolute Gasteiger partial charge is 0.368 e. The number of aliphatic imine (C=N–C) groups is 1. The standard InChI is InChI=1S/C15H17N3O/c1-11(4-3-5-12(2)18-15(16)17)14-8-6-13(10-19)7-9-14/h3-10H,1-2H3,(H3,16,17)/b5-3-,11-4+,18-12?. The van der Waals surface area contributed by atoms with Crippen LogP contribution in [0.25, 0.3) is 5.57 Å². The Balaban J connectivity index is 2.78. The Morgan fingerprint density at radius 2 is 1.89 bits per heavy atom. The van der Waals surface area contributed by atoms with E-state index in [2.05, 4.69) is 4.99 Å². The van der Waals surface area contributed by atoms with Gasteiger partial charge in [0.25, 0.3) is 0 Å². The zero-order chi connectivity index (χ0) is 14.3. The molecule has 0 spiro atoms. The van der Waals surface area contributed by atoms with Crippen molar-refractivity contribution in [3.8, 4) is 0 Å². The van der Waals surface area contributed by atoms with Crippen LogP contribution in [0.4, 0.5) is 0 Å². The van der Waals surface area contributed by atoms with E-state index in [4.69, 9.17) is 11.1 Å². The summed E-state index contributed by atoms with van der Waals surface area (Å²) in [6, 6.07) is 7.37. The van der Waals surface area contributed by atoms with Crippen molar-refractivity contribution in [2.24, 2.45) is 10.7 Å². The second-order valence-corrected chi connectivity index (χ2v) is 4.09. The average molecular weight is 255 g/mol. The van der Waals surface area contributed by atoms with Crippen LogP contribution in [0.2, 0.25) is 0 Å². The second-order valence-electron chi connectivity index (χ2n) is 4.09. The fourth-order valence-electron chi connectivity index (χ4n) is 1.48. The van der Waals surface area contributed by atoms with Crippen molar-refractivity contribution in [3.05, 3.63) is 53.6 Å². The molecule has 0 aliphatic heterocycles. The molecule has 1 aromatic rings. The van der Waals surface area contributed by atoms with Crippen molar-refractivity contribution in [3.63, 3.8) is 0 Å². The Kier molecular flexibility index (Phi) is 5.41. The first-order valence-electron chi connectivity index (χ1n) is 5.83. The zero-order valence-electron chi connectivity index (χ0n) is 11.1. The molecule has 0 aromatic heterocycles. The number of nitrogens with one attached hydrogen (secondary N) is 1. The average Bonchev–Trinajstić information content (AvgIpc) is 2.37. The van der Waals surface area contributed by atoms with Gasteiger partial charge in [-0.15, -0.1) is 0 Å². The summed E-state index contributed by atoms with van der Waals surface area (Å²) in [5.41, 5.74) is 8.62. The quantitative estimate of drug-likeness (QED) is 0.375. The van der Waals surface area contributed by atoms with Gasteiger partial charge >= 0.3 is 0 Å². The van der Waals surface area contributed by atoms with Crippen molar-refractivity contribution >= 4 is 23.5 Å². The van der Waals surface area contributed by atoms with E-state index >= 15 is 0 Å². The summed E-state index contributed by atoms with van der Waals surface area (Å²) in [5, 5.41) is 7.03. The highest BCUT2D eigenvalue weighted by molar-refractivity contribution is 6.00. The third-order valence-corrected chi connectivity index (χ3v) is 2.48. The molecular weight excluding hydrogens is 238 g/mol. The summed E-state index contributed by atoms with van der Waals surface area (Å²) in [6.45, 7) is 3.76. The van der Waals surface area contributed by atoms with E-state index in [9.17, 15) is 4.79 Å². The number of rotatable bonds is 4. The molecule has 19 heavy (non-hydrogen) atoms. The minimum atomic E-state index is -0.202. The van der Waals surface area contributed by atoms with Crippen LogP contribution < -0.4 is 5.73 Å². The first-order valence-corrected chi connectivity index (χ1v) is 5.83. The Labute approximate surface area is 112 Å². The molecule has 0 saturated carbocycles. The number of nitrogens with zero attached hydrogens (tertiary/aromatic N) is 1. The molecule has 0 atom stereocenters. The van der Waals surface area contributed by atoms with Gasteiger partial charge in [-0.05, 0) is 31.1 Å². The van der Waals surface area contributed by atoms with E-state index in [0.717, 1.165) is 17.4 Å². The number of aldehydes is 1. The lowest BCUT2D eigenvalue weighted by atomic mass is 10.1. The van der Waals surface area contributed by atoms with Gasteiger partial charge in [0.15, 0.2) is 0 Å². The van der Waals surface area contributed by atoms with Gasteiger partial charge in [0.1, 0.15) is 6.29 Å². The lowest BCUT2D eigenvalue weighted by molar-refractivity contribution is 0.112. The predicted molar refractivity (Wildman–Crippen MR) is 79.6 cm³/mol. The first kappa shape index (κ1) is 14.6. The lowest BCUT2D eigenvalue weighted by Gasteiger charge is -2.00. The molecule has 0 radical (unpaired) electrons. The van der Waals surface area contributed by atoms with Gasteiger partial charge in [-0.3, -0.25) is 10.2 Å². The predicted octanol–water partition coefficient (Wildman–Crippen LogP) is 2.81. The molecule has 0 bridgehead atoms. The van der Waals surface area contributed by atoms with E-state index in [1.165, 1.54) is 0 Å². The van der Waals surface area contributed by atoms with Gasteiger partial charge in [0, 0.05) is 11.3 Å². The third-order valence-electron chi connectivity index (χ3n) is 2.48. The highest BCUT2D eigenvalue weighted by atomic mass is 16.1. The van der Waals surface area contributed by atoms with Crippen molar-refractivity contribution in [1.82, 2.24) is 0 Å². The summed E-state index contributed by atoms with van der Waals surface area (Å²) in [7, 11) is 0. The molecule has 1 aromatic carbocycles. The van der Waals surface area contributed by atoms with E-state index in [-0.39, 0.29) is 5.96 Å². The Hall–Kier alpha value is -2.49. The monoisotopic (exact) mass is 255 g/mol. The van der Waals surface area contributed by atoms with Crippen molar-refractivity contribution in [1.29, 1.82) is 5.41 Å². The smallest absolute Gasteiger partial charge is 0.212 e. The molecule has 0 aliphatic rings. The molecule has 0 aliphatic carbocycles. The fraction of sp³-hybridized carbons (Fsp3) is 0.133. The van der Waals surface area contributed by atoms with E-state index in [1.54, 1.807) is 25.1 Å². The molecule has 0 unspecified atom stereocenters. The number of benzene rings is 1. The zero-order valence-corrected chi connectivity index (χ0v) is 11.1. The summed E-state index contributed by atoms with van der Waals surface area (Å²) >= 11 is 0. The Bertz CT molecular complexity index is 551. The van der Waals surface area contributed by atoms with Crippen LogP contribution in [-0.4, -0.2) is 18.0 Å². The van der Waals surface area contributed by atoms with Crippen molar-refractivity contribution < 1.29 is 4.79 Å². The summed E-state index contributed by atoms with van der Waals surface area (Å²) in [5.74, 6) is -0.202. The number of carbonyl (C=O) groups excluding carboxylic acids is 1. The van der Waals surface area contributed by atoms with Crippen LogP contribution in [0.5, 0.6) is 0 Å². The van der Waals surface area contributed by atoms with Crippen LogP contribution >= 0.6 is 0 Å². The van der Waals surface area contributed by atoms with Gasteiger partial charge in [0.2, 0.25) is 5.96 Å². The minimum Gasteiger partial charge on any atom is -0.368 e. The van der Waals surface area contributed by atoms with E-state index in [0.29, 0.717) is 11.3 Å². The maximum absolute atomic E-state index is 10.6. The number of nitrogens with two attached hydrogens (primary N) is 1. The molecule has 4 heteroatoms. The second kappa shape index (κ2) is 7.06. The Morgan fingerprint density at radius 3 is 2.42 bits per heavy atom. The maximum atomic E-state index is 10.6. The van der Waals surface area contributed by atoms with Crippen LogP contribution in [0.3, 0.4) is 0 Å². The summed E-state index contributed by atoms with van der Waals surface area (Å²) in [6.07, 6.45) is 6.40.